The predicted molar refractivity (Wildman–Crippen MR) is 193 cm³/mol. The van der Waals surface area contributed by atoms with Crippen molar-refractivity contribution in [1.82, 2.24) is 4.98 Å². The van der Waals surface area contributed by atoms with Crippen LogP contribution in [0, 0.1) is 0 Å². The highest BCUT2D eigenvalue weighted by Crippen LogP contribution is 2.43. The summed E-state index contributed by atoms with van der Waals surface area (Å²) in [5.74, 6) is -0.203. The maximum Gasteiger partial charge on any atom is 0.239 e. The highest BCUT2D eigenvalue weighted by Gasteiger charge is 2.17. The van der Waals surface area contributed by atoms with Gasteiger partial charge in [-0.05, 0) is 77.5 Å². The molecular formula is C35H30Cl3N5O2. The van der Waals surface area contributed by atoms with Crippen LogP contribution in [0.3, 0.4) is 0 Å². The number of anilines is 2. The van der Waals surface area contributed by atoms with E-state index in [-0.39, 0.29) is 73.8 Å². The van der Waals surface area contributed by atoms with Gasteiger partial charge in [0, 0.05) is 0 Å². The number of carbonyl (C=O) groups excluding carboxylic acids is 2. The summed E-state index contributed by atoms with van der Waals surface area (Å²) in [5.41, 5.74) is 15.0. The van der Waals surface area contributed by atoms with Crippen molar-refractivity contribution >= 4 is 104 Å². The Hall–Kier alpha value is -4.50. The molecule has 0 bridgehead atoms. The number of nitrogens with two attached hydrogens (primary N) is 2. The normalized spacial score (nSPS) is 10.7. The fraction of sp³-hybridized carbons (Fsp3) is 0.0571. The summed E-state index contributed by atoms with van der Waals surface area (Å²) in [6.07, 6.45) is 0. The zero-order valence-corrected chi connectivity index (χ0v) is 26.3. The van der Waals surface area contributed by atoms with E-state index >= 15 is 0 Å². The number of aromatic nitrogens is 1. The Kier molecular flexibility index (Phi) is 10.1. The van der Waals surface area contributed by atoms with Crippen molar-refractivity contribution in [3.05, 3.63) is 103 Å². The van der Waals surface area contributed by atoms with Crippen LogP contribution in [-0.4, -0.2) is 29.9 Å². The molecule has 6 N–H and O–H groups in total. The summed E-state index contributed by atoms with van der Waals surface area (Å²) in [7, 11) is 0. The number of rotatable bonds is 6. The lowest BCUT2D eigenvalue weighted by molar-refractivity contribution is -0.115. The van der Waals surface area contributed by atoms with Crippen LogP contribution in [0.15, 0.2) is 103 Å². The smallest absolute Gasteiger partial charge is 0.239 e. The van der Waals surface area contributed by atoms with Gasteiger partial charge in [-0.25, -0.2) is 4.98 Å². The topological polar surface area (TPSA) is 123 Å². The SMILES string of the molecule is Cl.Cl.Cl.NCC(=O)Nc1cc(-c2cccc3cccc(-c4ccc5ccc6cccc7ccc4c5c67)c23)cc(NC(=O)CN)n1. The molecule has 0 aliphatic heterocycles. The van der Waals surface area contributed by atoms with E-state index in [1.54, 1.807) is 12.1 Å². The number of hydrogen-bond acceptors (Lipinski definition) is 5. The number of halogens is 3. The van der Waals surface area contributed by atoms with E-state index in [0.717, 1.165) is 33.0 Å². The molecule has 2 amide bonds. The molecule has 0 atom stereocenters. The van der Waals surface area contributed by atoms with Crippen molar-refractivity contribution in [2.45, 2.75) is 0 Å². The number of fused-ring (bicyclic) bond motifs is 1. The van der Waals surface area contributed by atoms with E-state index in [0.29, 0.717) is 0 Å². The molecule has 1 heterocycles. The van der Waals surface area contributed by atoms with Crippen molar-refractivity contribution in [2.24, 2.45) is 11.5 Å². The summed E-state index contributed by atoms with van der Waals surface area (Å²) in [6, 6.07) is 35.6. The quantitative estimate of drug-likeness (QED) is 0.138. The Labute approximate surface area is 277 Å². The zero-order chi connectivity index (χ0) is 28.8. The van der Waals surface area contributed by atoms with Crippen molar-refractivity contribution in [3.63, 3.8) is 0 Å². The van der Waals surface area contributed by atoms with Gasteiger partial charge in [0.25, 0.3) is 0 Å². The number of carbonyl (C=O) groups is 2. The van der Waals surface area contributed by atoms with Crippen LogP contribution >= 0.6 is 37.2 Å². The van der Waals surface area contributed by atoms with Crippen LogP contribution in [0.25, 0.3) is 65.3 Å². The van der Waals surface area contributed by atoms with E-state index in [1.807, 2.05) is 12.1 Å². The molecule has 0 aliphatic carbocycles. The van der Waals surface area contributed by atoms with Gasteiger partial charge in [0.2, 0.25) is 11.8 Å². The first kappa shape index (κ1) is 33.4. The second-order valence-corrected chi connectivity index (χ2v) is 10.3. The molecule has 0 spiro atoms. The lowest BCUT2D eigenvalue weighted by atomic mass is 9.86. The second-order valence-electron chi connectivity index (χ2n) is 10.3. The van der Waals surface area contributed by atoms with Gasteiger partial charge >= 0.3 is 0 Å². The molecule has 228 valence electrons. The van der Waals surface area contributed by atoms with Crippen LogP contribution in [-0.2, 0) is 9.59 Å². The van der Waals surface area contributed by atoms with Gasteiger partial charge in [-0.2, -0.15) is 0 Å². The number of hydrogen-bond donors (Lipinski definition) is 4. The lowest BCUT2D eigenvalue weighted by Gasteiger charge is -2.18. The number of nitrogens with zero attached hydrogens (tertiary/aromatic N) is 1. The average molecular weight is 659 g/mol. The molecule has 0 saturated carbocycles. The molecule has 0 aliphatic rings. The first-order valence-electron chi connectivity index (χ1n) is 13.7. The van der Waals surface area contributed by atoms with Crippen molar-refractivity contribution in [1.29, 1.82) is 0 Å². The van der Waals surface area contributed by atoms with Gasteiger partial charge in [-0.1, -0.05) is 91.0 Å². The van der Waals surface area contributed by atoms with E-state index in [4.69, 9.17) is 11.5 Å². The van der Waals surface area contributed by atoms with Gasteiger partial charge in [0.15, 0.2) is 0 Å². The summed E-state index contributed by atoms with van der Waals surface area (Å²) in [4.78, 5) is 28.7. The summed E-state index contributed by atoms with van der Waals surface area (Å²) >= 11 is 0. The fourth-order valence-corrected chi connectivity index (χ4v) is 5.98. The molecule has 7 rings (SSSR count). The predicted octanol–water partition coefficient (Wildman–Crippen LogP) is 7.53. The molecule has 45 heavy (non-hydrogen) atoms. The molecule has 10 heteroatoms. The third-order valence-corrected chi connectivity index (χ3v) is 7.77. The Morgan fingerprint density at radius 1 is 0.533 bits per heavy atom. The summed E-state index contributed by atoms with van der Waals surface area (Å²) < 4.78 is 0. The van der Waals surface area contributed by atoms with E-state index in [2.05, 4.69) is 94.5 Å². The molecule has 7 nitrogen and oxygen atoms in total. The maximum atomic E-state index is 12.2. The first-order valence-corrected chi connectivity index (χ1v) is 13.7. The van der Waals surface area contributed by atoms with E-state index < -0.39 is 0 Å². The first-order chi connectivity index (χ1) is 20.5. The van der Waals surface area contributed by atoms with Crippen LogP contribution < -0.4 is 22.1 Å². The molecule has 6 aromatic carbocycles. The van der Waals surface area contributed by atoms with E-state index in [9.17, 15) is 9.59 Å². The Morgan fingerprint density at radius 3 is 1.58 bits per heavy atom. The Balaban J connectivity index is 0.00000154. The standard InChI is InChI=1S/C35H27N5O2.3ClH/c36-18-31(41)39-29-16-24(17-30(38-29)40-32(42)19-37)25-8-2-6-20-7-3-9-27(34(20)25)26-14-12-23-11-10-21-4-1-5-22-13-15-28(26)35(23)33(21)22;;;/h1-17H,18-19,36-37H2,(H2,38,39,40,41,42);3*1H. The largest absolute Gasteiger partial charge is 0.322 e. The molecule has 0 saturated heterocycles. The lowest BCUT2D eigenvalue weighted by Crippen LogP contribution is -2.24. The molecule has 0 radical (unpaired) electrons. The van der Waals surface area contributed by atoms with Gasteiger partial charge < -0.3 is 22.1 Å². The number of pyridine rings is 1. The minimum atomic E-state index is -0.386. The third-order valence-electron chi connectivity index (χ3n) is 7.77. The molecule has 0 unspecified atom stereocenters. The van der Waals surface area contributed by atoms with Gasteiger partial charge in [0.05, 0.1) is 13.1 Å². The number of nitrogens with one attached hydrogen (secondary N) is 2. The van der Waals surface area contributed by atoms with Crippen LogP contribution in [0.2, 0.25) is 0 Å². The highest BCUT2D eigenvalue weighted by atomic mass is 35.5. The Morgan fingerprint density at radius 2 is 1.00 bits per heavy atom. The fourth-order valence-electron chi connectivity index (χ4n) is 5.98. The van der Waals surface area contributed by atoms with Crippen LogP contribution in [0.1, 0.15) is 0 Å². The minimum Gasteiger partial charge on any atom is -0.322 e. The van der Waals surface area contributed by atoms with Crippen molar-refractivity contribution in [3.8, 4) is 22.3 Å². The number of benzene rings is 6. The van der Waals surface area contributed by atoms with Crippen molar-refractivity contribution in [2.75, 3.05) is 23.7 Å². The van der Waals surface area contributed by atoms with Gasteiger partial charge in [-0.3, -0.25) is 9.59 Å². The molecule has 1 aromatic heterocycles. The van der Waals surface area contributed by atoms with Crippen molar-refractivity contribution < 1.29 is 9.59 Å². The molecular weight excluding hydrogens is 629 g/mol. The monoisotopic (exact) mass is 657 g/mol. The average Bonchev–Trinajstić information content (AvgIpc) is 3.02. The summed E-state index contributed by atoms with van der Waals surface area (Å²) in [6.45, 7) is -0.382. The Bertz CT molecular complexity index is 2130. The number of amides is 2. The van der Waals surface area contributed by atoms with Crippen LogP contribution in [0.5, 0.6) is 0 Å². The van der Waals surface area contributed by atoms with Crippen LogP contribution in [0.4, 0.5) is 11.6 Å². The van der Waals surface area contributed by atoms with Gasteiger partial charge in [-0.15, -0.1) is 37.2 Å². The highest BCUT2D eigenvalue weighted by molar-refractivity contribution is 6.26. The molecule has 7 aromatic rings. The summed E-state index contributed by atoms with van der Waals surface area (Å²) in [5, 5.41) is 14.9. The minimum absolute atomic E-state index is 0. The third kappa shape index (κ3) is 5.96. The van der Waals surface area contributed by atoms with E-state index in [1.165, 1.54) is 32.3 Å². The van der Waals surface area contributed by atoms with Gasteiger partial charge in [0.1, 0.15) is 11.6 Å². The second kappa shape index (κ2) is 13.6. The zero-order valence-electron chi connectivity index (χ0n) is 23.9. The molecule has 0 fully saturated rings. The maximum absolute atomic E-state index is 12.2.